The number of nitrogens with one attached hydrogen (secondary N) is 1. The summed E-state index contributed by atoms with van der Waals surface area (Å²) < 4.78 is 10.7. The Kier molecular flexibility index (Phi) is 6.17. The lowest BCUT2D eigenvalue weighted by Gasteiger charge is -2.17. The predicted octanol–water partition coefficient (Wildman–Crippen LogP) is 3.89. The van der Waals surface area contributed by atoms with Gasteiger partial charge >= 0.3 is 5.97 Å². The number of hydrogen-bond donors (Lipinski definition) is 1. The number of carbonyl (C=O) groups excluding carboxylic acids is 2. The van der Waals surface area contributed by atoms with Gasteiger partial charge in [-0.3, -0.25) is 4.79 Å². The number of anilines is 1. The van der Waals surface area contributed by atoms with Crippen molar-refractivity contribution >= 4 is 17.6 Å². The van der Waals surface area contributed by atoms with Crippen molar-refractivity contribution in [3.63, 3.8) is 0 Å². The van der Waals surface area contributed by atoms with E-state index in [1.807, 2.05) is 32.0 Å². The van der Waals surface area contributed by atoms with Crippen LogP contribution in [0.2, 0.25) is 0 Å². The Labute approximate surface area is 148 Å². The van der Waals surface area contributed by atoms with Crippen LogP contribution in [-0.2, 0) is 9.53 Å². The van der Waals surface area contributed by atoms with Gasteiger partial charge in [-0.2, -0.15) is 0 Å². The second-order valence-electron chi connectivity index (χ2n) is 5.75. The number of rotatable bonds is 6. The van der Waals surface area contributed by atoms with Crippen LogP contribution in [0.5, 0.6) is 5.75 Å². The maximum atomic E-state index is 12.3. The first-order valence-corrected chi connectivity index (χ1v) is 8.23. The number of benzene rings is 2. The van der Waals surface area contributed by atoms with E-state index < -0.39 is 6.10 Å². The molecule has 0 aromatic heterocycles. The molecule has 25 heavy (non-hydrogen) atoms. The molecule has 0 saturated carbocycles. The van der Waals surface area contributed by atoms with E-state index >= 15 is 0 Å². The number of aryl methyl sites for hydroxylation is 1. The average Bonchev–Trinajstić information content (AvgIpc) is 2.59. The molecule has 0 heterocycles. The minimum absolute atomic E-state index is 0.259. The minimum Gasteiger partial charge on any atom is -0.481 e. The molecular weight excluding hydrogens is 318 g/mol. The topological polar surface area (TPSA) is 64.6 Å². The second-order valence-corrected chi connectivity index (χ2v) is 5.75. The van der Waals surface area contributed by atoms with Gasteiger partial charge in [0.2, 0.25) is 0 Å². The molecule has 2 rings (SSSR count). The zero-order valence-corrected chi connectivity index (χ0v) is 15.0. The fourth-order valence-corrected chi connectivity index (χ4v) is 2.24. The van der Waals surface area contributed by atoms with Gasteiger partial charge in [0.25, 0.3) is 5.91 Å². The van der Waals surface area contributed by atoms with Gasteiger partial charge in [-0.25, -0.2) is 4.79 Å². The largest absolute Gasteiger partial charge is 0.481 e. The zero-order valence-electron chi connectivity index (χ0n) is 15.0. The van der Waals surface area contributed by atoms with Crippen LogP contribution in [0.4, 0.5) is 5.69 Å². The number of esters is 1. The lowest BCUT2D eigenvalue weighted by molar-refractivity contribution is -0.122. The van der Waals surface area contributed by atoms with Crippen molar-refractivity contribution in [2.24, 2.45) is 0 Å². The molecule has 1 N–H and O–H groups in total. The highest BCUT2D eigenvalue weighted by molar-refractivity contribution is 5.95. The van der Waals surface area contributed by atoms with Gasteiger partial charge < -0.3 is 14.8 Å². The van der Waals surface area contributed by atoms with E-state index in [9.17, 15) is 9.59 Å². The van der Waals surface area contributed by atoms with Gasteiger partial charge in [0.15, 0.2) is 6.10 Å². The number of hydrogen-bond acceptors (Lipinski definition) is 4. The quantitative estimate of drug-likeness (QED) is 0.810. The van der Waals surface area contributed by atoms with E-state index in [-0.39, 0.29) is 11.9 Å². The lowest BCUT2D eigenvalue weighted by Crippen LogP contribution is -2.30. The van der Waals surface area contributed by atoms with Crippen molar-refractivity contribution in [1.82, 2.24) is 0 Å². The summed E-state index contributed by atoms with van der Waals surface area (Å²) >= 11 is 0. The summed E-state index contributed by atoms with van der Waals surface area (Å²) in [7, 11) is 0. The van der Waals surface area contributed by atoms with Crippen LogP contribution in [0.3, 0.4) is 0 Å². The fourth-order valence-electron chi connectivity index (χ4n) is 2.24. The number of ether oxygens (including phenoxy) is 2. The Morgan fingerprint density at radius 2 is 1.76 bits per heavy atom. The van der Waals surface area contributed by atoms with Gasteiger partial charge in [0.1, 0.15) is 5.75 Å². The highest BCUT2D eigenvalue weighted by Gasteiger charge is 2.16. The minimum atomic E-state index is -0.648. The molecule has 1 atom stereocenters. The summed E-state index contributed by atoms with van der Waals surface area (Å²) in [4.78, 5) is 23.9. The molecule has 0 aliphatic carbocycles. The van der Waals surface area contributed by atoms with Crippen LogP contribution in [-0.4, -0.2) is 24.6 Å². The van der Waals surface area contributed by atoms with E-state index in [0.29, 0.717) is 23.6 Å². The van der Waals surface area contributed by atoms with Crippen molar-refractivity contribution in [2.45, 2.75) is 33.8 Å². The maximum Gasteiger partial charge on any atom is 0.338 e. The van der Waals surface area contributed by atoms with Crippen LogP contribution in [0, 0.1) is 13.8 Å². The average molecular weight is 341 g/mol. The highest BCUT2D eigenvalue weighted by Crippen LogP contribution is 2.22. The summed E-state index contributed by atoms with van der Waals surface area (Å²) in [5.41, 5.74) is 3.16. The zero-order chi connectivity index (χ0) is 18.4. The van der Waals surface area contributed by atoms with E-state index in [2.05, 4.69) is 5.32 Å². The molecule has 0 fully saturated rings. The van der Waals surface area contributed by atoms with E-state index in [4.69, 9.17) is 9.47 Å². The molecule has 0 aliphatic rings. The van der Waals surface area contributed by atoms with E-state index in [1.54, 1.807) is 38.1 Å². The summed E-state index contributed by atoms with van der Waals surface area (Å²) in [6, 6.07) is 12.3. The van der Waals surface area contributed by atoms with Crippen LogP contribution in [0.15, 0.2) is 42.5 Å². The van der Waals surface area contributed by atoms with Gasteiger partial charge in [-0.1, -0.05) is 12.1 Å². The van der Waals surface area contributed by atoms with Gasteiger partial charge in [0, 0.05) is 5.69 Å². The normalized spacial score (nSPS) is 11.5. The van der Waals surface area contributed by atoms with Crippen molar-refractivity contribution in [3.8, 4) is 5.75 Å². The molecule has 0 saturated heterocycles. The van der Waals surface area contributed by atoms with E-state index in [0.717, 1.165) is 11.1 Å². The van der Waals surface area contributed by atoms with Crippen molar-refractivity contribution in [3.05, 3.63) is 59.2 Å². The Morgan fingerprint density at radius 3 is 2.40 bits per heavy atom. The molecule has 0 unspecified atom stereocenters. The second kappa shape index (κ2) is 8.33. The Balaban J connectivity index is 1.99. The number of carbonyl (C=O) groups is 2. The van der Waals surface area contributed by atoms with Gasteiger partial charge in [-0.15, -0.1) is 0 Å². The summed E-state index contributed by atoms with van der Waals surface area (Å²) in [6.07, 6.45) is -0.648. The van der Waals surface area contributed by atoms with Crippen LogP contribution < -0.4 is 10.1 Å². The summed E-state index contributed by atoms with van der Waals surface area (Å²) in [5, 5.41) is 2.78. The smallest absolute Gasteiger partial charge is 0.338 e. The molecule has 5 heteroatoms. The highest BCUT2D eigenvalue weighted by atomic mass is 16.5. The van der Waals surface area contributed by atoms with Gasteiger partial charge in [0.05, 0.1) is 12.2 Å². The van der Waals surface area contributed by atoms with Crippen LogP contribution in [0.1, 0.15) is 35.3 Å². The number of amides is 1. The maximum absolute atomic E-state index is 12.3. The first kappa shape index (κ1) is 18.5. The molecule has 1 amide bonds. The Morgan fingerprint density at radius 1 is 1.08 bits per heavy atom. The molecule has 2 aromatic rings. The molecule has 0 spiro atoms. The Hall–Kier alpha value is -2.82. The Bertz CT molecular complexity index is 753. The first-order chi connectivity index (χ1) is 11.9. The third kappa shape index (κ3) is 4.83. The fraction of sp³-hybridized carbons (Fsp3) is 0.300. The summed E-state index contributed by atoms with van der Waals surface area (Å²) in [6.45, 7) is 7.74. The molecule has 0 bridgehead atoms. The molecular formula is C20H23NO4. The molecule has 0 radical (unpaired) electrons. The van der Waals surface area contributed by atoms with Gasteiger partial charge in [-0.05, 0) is 69.2 Å². The van der Waals surface area contributed by atoms with Crippen LogP contribution in [0.25, 0.3) is 0 Å². The third-order valence-electron chi connectivity index (χ3n) is 3.89. The predicted molar refractivity (Wildman–Crippen MR) is 97.0 cm³/mol. The third-order valence-corrected chi connectivity index (χ3v) is 3.89. The molecule has 5 nitrogen and oxygen atoms in total. The SMILES string of the molecule is CCOC(=O)c1ccc(NC(=O)[C@@H](C)Oc2cccc(C)c2C)cc1. The standard InChI is InChI=1S/C20H23NO4/c1-5-24-20(23)16-9-11-17(12-10-16)21-19(22)15(4)25-18-8-6-7-13(2)14(18)3/h6-12,15H,5H2,1-4H3,(H,21,22)/t15-/m1/s1. The molecule has 0 aliphatic heterocycles. The van der Waals surface area contributed by atoms with Crippen molar-refractivity contribution in [2.75, 3.05) is 11.9 Å². The van der Waals surface area contributed by atoms with E-state index in [1.165, 1.54) is 0 Å². The lowest BCUT2D eigenvalue weighted by atomic mass is 10.1. The van der Waals surface area contributed by atoms with Crippen LogP contribution >= 0.6 is 0 Å². The van der Waals surface area contributed by atoms with Crippen molar-refractivity contribution < 1.29 is 19.1 Å². The molecule has 2 aromatic carbocycles. The first-order valence-electron chi connectivity index (χ1n) is 8.23. The monoisotopic (exact) mass is 341 g/mol. The summed E-state index contributed by atoms with van der Waals surface area (Å²) in [5.74, 6) is 0.0529. The molecule has 132 valence electrons. The van der Waals surface area contributed by atoms with Crippen molar-refractivity contribution in [1.29, 1.82) is 0 Å².